The van der Waals surface area contributed by atoms with Gasteiger partial charge >= 0.3 is 12.2 Å². The van der Waals surface area contributed by atoms with Crippen molar-refractivity contribution in [2.24, 2.45) is 0 Å². The summed E-state index contributed by atoms with van der Waals surface area (Å²) in [6, 6.07) is 0.783. The van der Waals surface area contributed by atoms with Crippen molar-refractivity contribution in [3.8, 4) is 0 Å². The molecule has 0 bridgehead atoms. The van der Waals surface area contributed by atoms with Crippen LogP contribution < -0.4 is 10.2 Å². The number of aliphatic hydroxyl groups excluding tert-OH is 1. The average Bonchev–Trinajstić information content (AvgIpc) is 2.61. The molecule has 0 spiro atoms. The number of benzene rings is 1. The summed E-state index contributed by atoms with van der Waals surface area (Å²) in [6.07, 6.45) is -4.96. The van der Waals surface area contributed by atoms with Gasteiger partial charge in [-0.15, -0.1) is 0 Å². The molecule has 1 fully saturated rings. The lowest BCUT2D eigenvalue weighted by Crippen LogP contribution is -2.47. The molecule has 2 N–H and O–H groups in total. The van der Waals surface area contributed by atoms with Crippen LogP contribution in [-0.2, 0) is 11.0 Å². The average molecular weight is 306 g/mol. The van der Waals surface area contributed by atoms with E-state index in [2.05, 4.69) is 5.32 Å². The Morgan fingerprint density at radius 3 is 2.43 bits per heavy atom. The van der Waals surface area contributed by atoms with Gasteiger partial charge in [0.25, 0.3) is 5.91 Å². The fraction of sp³-hybridized carbons (Fsp3) is 0.333. The normalized spacial score (nSPS) is 22.7. The maximum atomic E-state index is 13.2. The predicted octanol–water partition coefficient (Wildman–Crippen LogP) is 1.65. The van der Waals surface area contributed by atoms with Crippen LogP contribution in [0.2, 0.25) is 0 Å². The lowest BCUT2D eigenvalue weighted by atomic mass is 10.0. The number of amides is 3. The highest BCUT2D eigenvalue weighted by molar-refractivity contribution is 6.23. The van der Waals surface area contributed by atoms with Crippen molar-refractivity contribution >= 4 is 17.6 Å². The van der Waals surface area contributed by atoms with E-state index >= 15 is 0 Å². The van der Waals surface area contributed by atoms with Crippen molar-refractivity contribution in [2.45, 2.75) is 18.6 Å². The van der Waals surface area contributed by atoms with Crippen LogP contribution in [0.25, 0.3) is 0 Å². The van der Waals surface area contributed by atoms with Crippen LogP contribution in [0.4, 0.5) is 28.0 Å². The summed E-state index contributed by atoms with van der Waals surface area (Å²) in [7, 11) is 0. The quantitative estimate of drug-likeness (QED) is 0.645. The van der Waals surface area contributed by atoms with Crippen molar-refractivity contribution in [1.82, 2.24) is 5.32 Å². The highest BCUT2D eigenvalue weighted by Crippen LogP contribution is 2.35. The molecule has 1 aliphatic rings. The minimum Gasteiger partial charge on any atom is -0.393 e. The van der Waals surface area contributed by atoms with E-state index in [0.29, 0.717) is 17.0 Å². The number of carbonyl (C=O) groups excluding carboxylic acids is 2. The van der Waals surface area contributed by atoms with Crippen LogP contribution in [0, 0.1) is 5.82 Å². The molecule has 0 aliphatic carbocycles. The Morgan fingerprint density at radius 1 is 1.33 bits per heavy atom. The highest BCUT2D eigenvalue weighted by Gasteiger charge is 2.48. The van der Waals surface area contributed by atoms with Gasteiger partial charge in [-0.05, 0) is 25.1 Å². The summed E-state index contributed by atoms with van der Waals surface area (Å²) in [4.78, 5) is 24.2. The smallest absolute Gasteiger partial charge is 0.393 e. The Kier molecular flexibility index (Phi) is 3.40. The zero-order chi connectivity index (χ0) is 16.0. The Morgan fingerprint density at radius 2 is 1.95 bits per heavy atom. The molecule has 1 saturated heterocycles. The summed E-state index contributed by atoms with van der Waals surface area (Å²) in [5.74, 6) is -2.43. The van der Waals surface area contributed by atoms with Crippen LogP contribution in [-0.4, -0.2) is 29.2 Å². The predicted molar refractivity (Wildman–Crippen MR) is 62.9 cm³/mol. The number of urea groups is 1. The second kappa shape index (κ2) is 4.69. The number of imide groups is 1. The number of rotatable bonds is 2. The topological polar surface area (TPSA) is 69.6 Å². The van der Waals surface area contributed by atoms with Gasteiger partial charge in [0, 0.05) is 0 Å². The summed E-state index contributed by atoms with van der Waals surface area (Å²) in [5, 5.41) is 11.3. The molecular formula is C12H10F4N2O3. The zero-order valence-corrected chi connectivity index (χ0v) is 10.7. The second-order valence-corrected chi connectivity index (χ2v) is 4.72. The van der Waals surface area contributed by atoms with Crippen LogP contribution in [0.3, 0.4) is 0 Å². The Labute approximate surface area is 116 Å². The van der Waals surface area contributed by atoms with Gasteiger partial charge in [0.05, 0.1) is 17.9 Å². The molecule has 1 aromatic rings. The monoisotopic (exact) mass is 306 g/mol. The molecular weight excluding hydrogens is 296 g/mol. The molecule has 21 heavy (non-hydrogen) atoms. The number of alkyl halides is 3. The van der Waals surface area contributed by atoms with E-state index in [9.17, 15) is 27.2 Å². The lowest BCUT2D eigenvalue weighted by molar-refractivity contribution is -0.140. The first-order valence-corrected chi connectivity index (χ1v) is 5.74. The van der Waals surface area contributed by atoms with E-state index in [1.54, 1.807) is 0 Å². The number of anilines is 1. The molecule has 1 aliphatic heterocycles. The molecule has 0 saturated carbocycles. The standard InChI is InChI=1S/C12H10F4N2O3/c1-11(5-19)9(20)18(10(21)17-11)6-2-3-8(13)7(4-6)12(14,15)16/h2-4,19H,5H2,1H3,(H,17,21). The van der Waals surface area contributed by atoms with E-state index in [1.807, 2.05) is 0 Å². The lowest BCUT2D eigenvalue weighted by Gasteiger charge is -2.19. The van der Waals surface area contributed by atoms with Crippen LogP contribution in [0.1, 0.15) is 12.5 Å². The highest BCUT2D eigenvalue weighted by atomic mass is 19.4. The zero-order valence-electron chi connectivity index (χ0n) is 10.7. The molecule has 1 heterocycles. The maximum Gasteiger partial charge on any atom is 0.419 e. The molecule has 1 atom stereocenters. The summed E-state index contributed by atoms with van der Waals surface area (Å²) in [5.41, 5.74) is -3.63. The molecule has 5 nitrogen and oxygen atoms in total. The van der Waals surface area contributed by atoms with Gasteiger partial charge in [0.1, 0.15) is 11.4 Å². The summed E-state index contributed by atoms with van der Waals surface area (Å²) < 4.78 is 51.1. The molecule has 1 aromatic carbocycles. The van der Waals surface area contributed by atoms with Crippen LogP contribution in [0.15, 0.2) is 18.2 Å². The molecule has 1 unspecified atom stereocenters. The first-order valence-electron chi connectivity index (χ1n) is 5.74. The van der Waals surface area contributed by atoms with Crippen molar-refractivity contribution in [2.75, 3.05) is 11.5 Å². The SMILES string of the molecule is CC1(CO)NC(=O)N(c2ccc(F)c(C(F)(F)F)c2)C1=O. The van der Waals surface area contributed by atoms with Crippen molar-refractivity contribution < 1.29 is 32.3 Å². The van der Waals surface area contributed by atoms with Gasteiger partial charge in [-0.3, -0.25) is 4.79 Å². The van der Waals surface area contributed by atoms with E-state index in [0.717, 1.165) is 6.07 Å². The van der Waals surface area contributed by atoms with Gasteiger partial charge in [-0.1, -0.05) is 0 Å². The second-order valence-electron chi connectivity index (χ2n) is 4.72. The van der Waals surface area contributed by atoms with Gasteiger partial charge in [-0.2, -0.15) is 13.2 Å². The number of halogens is 4. The molecule has 9 heteroatoms. The number of hydrogen-bond acceptors (Lipinski definition) is 3. The first kappa shape index (κ1) is 15.2. The van der Waals surface area contributed by atoms with E-state index in [1.165, 1.54) is 6.92 Å². The van der Waals surface area contributed by atoms with E-state index in [-0.39, 0.29) is 0 Å². The summed E-state index contributed by atoms with van der Waals surface area (Å²) in [6.45, 7) is 0.503. The van der Waals surface area contributed by atoms with E-state index < -0.39 is 47.3 Å². The Hall–Kier alpha value is -2.16. The number of nitrogens with one attached hydrogen (secondary N) is 1. The van der Waals surface area contributed by atoms with Crippen LogP contribution >= 0.6 is 0 Å². The van der Waals surface area contributed by atoms with E-state index in [4.69, 9.17) is 5.11 Å². The molecule has 2 rings (SSSR count). The van der Waals surface area contributed by atoms with Crippen molar-refractivity contribution in [3.05, 3.63) is 29.6 Å². The third kappa shape index (κ3) is 2.44. The maximum absolute atomic E-state index is 13.2. The summed E-state index contributed by atoms with van der Waals surface area (Å²) >= 11 is 0. The fourth-order valence-electron chi connectivity index (χ4n) is 1.90. The minimum absolute atomic E-state index is 0.371. The molecule has 114 valence electrons. The third-order valence-corrected chi connectivity index (χ3v) is 3.09. The molecule has 0 aromatic heterocycles. The third-order valence-electron chi connectivity index (χ3n) is 3.09. The minimum atomic E-state index is -4.96. The first-order chi connectivity index (χ1) is 9.60. The van der Waals surface area contributed by atoms with Crippen LogP contribution in [0.5, 0.6) is 0 Å². The van der Waals surface area contributed by atoms with Gasteiger partial charge in [0.15, 0.2) is 0 Å². The fourth-order valence-corrected chi connectivity index (χ4v) is 1.90. The van der Waals surface area contributed by atoms with Crippen molar-refractivity contribution in [1.29, 1.82) is 0 Å². The Bertz CT molecular complexity index is 617. The number of nitrogens with zero attached hydrogens (tertiary/aromatic N) is 1. The van der Waals surface area contributed by atoms with Crippen molar-refractivity contribution in [3.63, 3.8) is 0 Å². The number of aliphatic hydroxyl groups is 1. The van der Waals surface area contributed by atoms with Gasteiger partial charge in [-0.25, -0.2) is 14.1 Å². The molecule has 3 amide bonds. The van der Waals surface area contributed by atoms with Gasteiger partial charge < -0.3 is 10.4 Å². The Balaban J connectivity index is 2.49. The molecule has 0 radical (unpaired) electrons. The largest absolute Gasteiger partial charge is 0.419 e. The number of carbonyl (C=O) groups is 2. The van der Waals surface area contributed by atoms with Gasteiger partial charge in [0.2, 0.25) is 0 Å². The number of hydrogen-bond donors (Lipinski definition) is 2.